The summed E-state index contributed by atoms with van der Waals surface area (Å²) in [6.45, 7) is 5.47. The van der Waals surface area contributed by atoms with E-state index >= 15 is 0 Å². The molecule has 1 aromatic carbocycles. The molecule has 0 bridgehead atoms. The number of rotatable bonds is 6. The summed E-state index contributed by atoms with van der Waals surface area (Å²) in [6.07, 6.45) is 2.60. The van der Waals surface area contributed by atoms with Crippen molar-refractivity contribution in [3.63, 3.8) is 0 Å². The minimum atomic E-state index is -0.299. The van der Waals surface area contributed by atoms with Crippen LogP contribution in [0.5, 0.6) is 0 Å². The summed E-state index contributed by atoms with van der Waals surface area (Å²) < 4.78 is 18.8. The van der Waals surface area contributed by atoms with Crippen LogP contribution in [0.3, 0.4) is 0 Å². The van der Waals surface area contributed by atoms with E-state index < -0.39 is 0 Å². The molecular formula is C15H20BrFN4OS. The highest BCUT2D eigenvalue weighted by atomic mass is 79.9. The van der Waals surface area contributed by atoms with Gasteiger partial charge in [-0.3, -0.25) is 10.3 Å². The maximum Gasteiger partial charge on any atom is 0.186 e. The normalized spacial score (nSPS) is 15.7. The Morgan fingerprint density at radius 2 is 2.22 bits per heavy atom. The van der Waals surface area contributed by atoms with Gasteiger partial charge in [-0.05, 0) is 58.8 Å². The zero-order valence-electron chi connectivity index (χ0n) is 12.7. The second kappa shape index (κ2) is 9.92. The van der Waals surface area contributed by atoms with Crippen LogP contribution in [0.25, 0.3) is 0 Å². The number of benzene rings is 1. The first-order chi connectivity index (χ1) is 11.1. The Labute approximate surface area is 149 Å². The summed E-state index contributed by atoms with van der Waals surface area (Å²) >= 11 is 8.28. The Hall–Kier alpha value is -1.09. The molecule has 0 aliphatic carbocycles. The smallest absolute Gasteiger partial charge is 0.186 e. The molecule has 5 nitrogen and oxygen atoms in total. The number of ether oxygens (including phenoxy) is 1. The summed E-state index contributed by atoms with van der Waals surface area (Å²) in [5, 5.41) is 7.62. The Morgan fingerprint density at radius 3 is 2.96 bits per heavy atom. The SMILES string of the molecule is Fc1ccc(/C=N\NC(=S)NCCCN2CCOCC2)cc1Br. The van der Waals surface area contributed by atoms with Crippen molar-refractivity contribution >= 4 is 39.5 Å². The number of halogens is 2. The number of morpholine rings is 1. The fourth-order valence-corrected chi connectivity index (χ4v) is 2.68. The van der Waals surface area contributed by atoms with Crippen LogP contribution in [0.2, 0.25) is 0 Å². The van der Waals surface area contributed by atoms with Crippen LogP contribution in [-0.2, 0) is 4.74 Å². The summed E-state index contributed by atoms with van der Waals surface area (Å²) in [7, 11) is 0. The lowest BCUT2D eigenvalue weighted by Gasteiger charge is -2.26. The van der Waals surface area contributed by atoms with Crippen molar-refractivity contribution < 1.29 is 9.13 Å². The predicted molar refractivity (Wildman–Crippen MR) is 97.3 cm³/mol. The molecule has 0 atom stereocenters. The molecule has 1 heterocycles. The van der Waals surface area contributed by atoms with Crippen molar-refractivity contribution in [2.45, 2.75) is 6.42 Å². The average Bonchev–Trinajstić information content (AvgIpc) is 2.56. The van der Waals surface area contributed by atoms with Gasteiger partial charge in [-0.1, -0.05) is 6.07 Å². The molecule has 0 amide bonds. The molecule has 1 saturated heterocycles. The molecule has 8 heteroatoms. The van der Waals surface area contributed by atoms with Gasteiger partial charge in [0.05, 0.1) is 23.9 Å². The van der Waals surface area contributed by atoms with E-state index in [0.717, 1.165) is 51.4 Å². The van der Waals surface area contributed by atoms with Crippen LogP contribution in [-0.4, -0.2) is 55.6 Å². The Kier molecular flexibility index (Phi) is 7.87. The Balaban J connectivity index is 1.60. The second-order valence-corrected chi connectivity index (χ2v) is 6.37. The molecule has 1 aliphatic rings. The largest absolute Gasteiger partial charge is 0.379 e. The van der Waals surface area contributed by atoms with Gasteiger partial charge in [0.2, 0.25) is 0 Å². The summed E-state index contributed by atoms with van der Waals surface area (Å²) in [5.41, 5.74) is 3.53. The maximum atomic E-state index is 13.1. The molecule has 2 N–H and O–H groups in total. The lowest BCUT2D eigenvalue weighted by atomic mass is 10.2. The standard InChI is InChI=1S/C15H20BrFN4OS/c16-13-10-12(2-3-14(13)17)11-19-20-15(23)18-4-1-5-21-6-8-22-9-7-21/h2-3,10-11H,1,4-9H2,(H2,18,20,23)/b19-11-. The van der Waals surface area contributed by atoms with Gasteiger partial charge < -0.3 is 10.1 Å². The summed E-state index contributed by atoms with van der Waals surface area (Å²) in [4.78, 5) is 2.38. The molecule has 0 spiro atoms. The van der Waals surface area contributed by atoms with Crippen LogP contribution in [0.4, 0.5) is 4.39 Å². The second-order valence-electron chi connectivity index (χ2n) is 5.11. The highest BCUT2D eigenvalue weighted by molar-refractivity contribution is 9.10. The lowest BCUT2D eigenvalue weighted by molar-refractivity contribution is 0.0376. The molecule has 0 aromatic heterocycles. The quantitative estimate of drug-likeness (QED) is 0.330. The zero-order valence-corrected chi connectivity index (χ0v) is 15.1. The van der Waals surface area contributed by atoms with Crippen molar-refractivity contribution in [2.24, 2.45) is 5.10 Å². The molecule has 23 heavy (non-hydrogen) atoms. The summed E-state index contributed by atoms with van der Waals surface area (Å²) in [6, 6.07) is 4.68. The molecule has 126 valence electrons. The van der Waals surface area contributed by atoms with Gasteiger partial charge in [-0.2, -0.15) is 5.10 Å². The third kappa shape index (κ3) is 6.90. The minimum Gasteiger partial charge on any atom is -0.379 e. The van der Waals surface area contributed by atoms with E-state index in [-0.39, 0.29) is 5.82 Å². The van der Waals surface area contributed by atoms with E-state index in [1.165, 1.54) is 6.07 Å². The van der Waals surface area contributed by atoms with E-state index in [1.807, 2.05) is 0 Å². The van der Waals surface area contributed by atoms with Gasteiger partial charge in [0, 0.05) is 19.6 Å². The molecule has 0 saturated carbocycles. The van der Waals surface area contributed by atoms with Gasteiger partial charge in [0.25, 0.3) is 0 Å². The third-order valence-electron chi connectivity index (χ3n) is 3.36. The van der Waals surface area contributed by atoms with Gasteiger partial charge in [-0.25, -0.2) is 4.39 Å². The highest BCUT2D eigenvalue weighted by Crippen LogP contribution is 2.15. The first-order valence-electron chi connectivity index (χ1n) is 7.47. The number of hydrazone groups is 1. The van der Waals surface area contributed by atoms with E-state index in [0.29, 0.717) is 9.59 Å². The maximum absolute atomic E-state index is 13.1. The minimum absolute atomic E-state index is 0.299. The van der Waals surface area contributed by atoms with Crippen LogP contribution < -0.4 is 10.7 Å². The van der Waals surface area contributed by atoms with Crippen molar-refractivity contribution in [3.8, 4) is 0 Å². The predicted octanol–water partition coefficient (Wildman–Crippen LogP) is 2.11. The van der Waals surface area contributed by atoms with Crippen LogP contribution in [0, 0.1) is 5.82 Å². The molecule has 1 aliphatic heterocycles. The molecule has 2 rings (SSSR count). The zero-order chi connectivity index (χ0) is 16.5. The average molecular weight is 403 g/mol. The summed E-state index contributed by atoms with van der Waals surface area (Å²) in [5.74, 6) is -0.299. The third-order valence-corrected chi connectivity index (χ3v) is 4.21. The molecule has 0 unspecified atom stereocenters. The van der Waals surface area contributed by atoms with Crippen LogP contribution >= 0.6 is 28.1 Å². The fraction of sp³-hybridized carbons (Fsp3) is 0.467. The Morgan fingerprint density at radius 1 is 1.43 bits per heavy atom. The van der Waals surface area contributed by atoms with Gasteiger partial charge >= 0.3 is 0 Å². The number of hydrogen-bond donors (Lipinski definition) is 2. The van der Waals surface area contributed by atoms with E-state index in [9.17, 15) is 4.39 Å². The lowest BCUT2D eigenvalue weighted by Crippen LogP contribution is -2.39. The molecule has 0 radical (unpaired) electrons. The molecule has 1 fully saturated rings. The van der Waals surface area contributed by atoms with Gasteiger partial charge in [0.1, 0.15) is 5.82 Å². The van der Waals surface area contributed by atoms with Gasteiger partial charge in [0.15, 0.2) is 5.11 Å². The van der Waals surface area contributed by atoms with Crippen molar-refractivity contribution in [3.05, 3.63) is 34.1 Å². The molecular weight excluding hydrogens is 383 g/mol. The topological polar surface area (TPSA) is 48.9 Å². The Bertz CT molecular complexity index is 552. The van der Waals surface area contributed by atoms with Crippen molar-refractivity contribution in [2.75, 3.05) is 39.4 Å². The molecule has 1 aromatic rings. The number of nitrogens with zero attached hydrogens (tertiary/aromatic N) is 2. The van der Waals surface area contributed by atoms with Gasteiger partial charge in [-0.15, -0.1) is 0 Å². The number of hydrogen-bond acceptors (Lipinski definition) is 4. The monoisotopic (exact) mass is 402 g/mol. The van der Waals surface area contributed by atoms with E-state index in [1.54, 1.807) is 18.3 Å². The van der Waals surface area contributed by atoms with Crippen LogP contribution in [0.1, 0.15) is 12.0 Å². The highest BCUT2D eigenvalue weighted by Gasteiger charge is 2.08. The first-order valence-corrected chi connectivity index (χ1v) is 8.67. The van der Waals surface area contributed by atoms with E-state index in [2.05, 4.69) is 36.7 Å². The number of nitrogens with one attached hydrogen (secondary N) is 2. The fourth-order valence-electron chi connectivity index (χ4n) is 2.13. The first kappa shape index (κ1) is 18.3. The van der Waals surface area contributed by atoms with Crippen molar-refractivity contribution in [1.29, 1.82) is 0 Å². The number of thiocarbonyl (C=S) groups is 1. The van der Waals surface area contributed by atoms with E-state index in [4.69, 9.17) is 17.0 Å². The van der Waals surface area contributed by atoms with Crippen molar-refractivity contribution in [1.82, 2.24) is 15.6 Å². The van der Waals surface area contributed by atoms with Crippen LogP contribution in [0.15, 0.2) is 27.8 Å².